The number of anilines is 2. The van der Waals surface area contributed by atoms with E-state index < -0.39 is 0 Å². The van der Waals surface area contributed by atoms with E-state index in [9.17, 15) is 0 Å². The van der Waals surface area contributed by atoms with Crippen LogP contribution >= 0.6 is 11.8 Å². The number of benzene rings is 6. The van der Waals surface area contributed by atoms with Crippen molar-refractivity contribution in [3.63, 3.8) is 0 Å². The van der Waals surface area contributed by atoms with Crippen LogP contribution in [0.1, 0.15) is 17.9 Å². The summed E-state index contributed by atoms with van der Waals surface area (Å²) in [4.78, 5) is 3.89. The third-order valence-corrected chi connectivity index (χ3v) is 13.1. The van der Waals surface area contributed by atoms with Gasteiger partial charge in [-0.05, 0) is 82.8 Å². The van der Waals surface area contributed by atoms with Gasteiger partial charge in [0.15, 0.2) is 0 Å². The molecule has 1 aromatic heterocycles. The van der Waals surface area contributed by atoms with Gasteiger partial charge in [-0.15, -0.1) is 11.8 Å². The molecule has 7 aromatic rings. The Labute approximate surface area is 326 Å². The van der Waals surface area contributed by atoms with Gasteiger partial charge in [0, 0.05) is 55.4 Å². The zero-order chi connectivity index (χ0) is 36.3. The fraction of sp³-hybridized carbons (Fsp3) is 0.0769. The summed E-state index contributed by atoms with van der Waals surface area (Å²) in [6.45, 7) is 0. The molecule has 3 aliphatic carbocycles. The van der Waals surface area contributed by atoms with Crippen molar-refractivity contribution in [2.45, 2.75) is 22.5 Å². The molecule has 3 atom stereocenters. The largest absolute Gasteiger partial charge is 0.314 e. The first kappa shape index (κ1) is 32.2. The first-order valence-electron chi connectivity index (χ1n) is 19.3. The third-order valence-electron chi connectivity index (χ3n) is 11.7. The van der Waals surface area contributed by atoms with Crippen molar-refractivity contribution in [2.24, 2.45) is 5.92 Å². The van der Waals surface area contributed by atoms with Crippen molar-refractivity contribution in [2.75, 3.05) is 4.90 Å². The molecule has 0 amide bonds. The molecular formula is C52H38N2S. The Morgan fingerprint density at radius 1 is 0.564 bits per heavy atom. The number of nitrogens with zero attached hydrogens (tertiary/aromatic N) is 2. The summed E-state index contributed by atoms with van der Waals surface area (Å²) in [5.74, 6) is 0.748. The van der Waals surface area contributed by atoms with E-state index in [4.69, 9.17) is 0 Å². The molecule has 0 spiro atoms. The number of aromatic nitrogens is 1. The lowest BCUT2D eigenvalue weighted by Crippen LogP contribution is -2.25. The maximum absolute atomic E-state index is 2.47. The number of rotatable bonds is 6. The highest BCUT2D eigenvalue weighted by Gasteiger charge is 2.33. The number of thioether (sulfide) groups is 1. The van der Waals surface area contributed by atoms with Crippen LogP contribution in [0.25, 0.3) is 49.7 Å². The lowest BCUT2D eigenvalue weighted by atomic mass is 9.84. The minimum atomic E-state index is 0.295. The smallest absolute Gasteiger partial charge is 0.0541 e. The van der Waals surface area contributed by atoms with Crippen LogP contribution in [0.4, 0.5) is 11.4 Å². The predicted octanol–water partition coefficient (Wildman–Crippen LogP) is 13.9. The number of hydrogen-bond acceptors (Lipinski definition) is 2. The molecule has 3 unspecified atom stereocenters. The maximum atomic E-state index is 2.47. The van der Waals surface area contributed by atoms with E-state index in [1.165, 1.54) is 71.5 Å². The molecule has 0 radical (unpaired) electrons. The predicted molar refractivity (Wildman–Crippen MR) is 233 cm³/mol. The Hall–Kier alpha value is -6.29. The van der Waals surface area contributed by atoms with Crippen molar-refractivity contribution in [3.8, 4) is 27.9 Å². The summed E-state index contributed by atoms with van der Waals surface area (Å²) in [7, 11) is 0. The zero-order valence-electron chi connectivity index (χ0n) is 30.3. The molecule has 262 valence electrons. The molecule has 0 bridgehead atoms. The second kappa shape index (κ2) is 13.2. The highest BCUT2D eigenvalue weighted by Crippen LogP contribution is 2.52. The van der Waals surface area contributed by atoms with Crippen molar-refractivity contribution in [3.05, 3.63) is 217 Å². The van der Waals surface area contributed by atoms with Crippen LogP contribution in [0.2, 0.25) is 0 Å². The van der Waals surface area contributed by atoms with E-state index in [1.54, 1.807) is 0 Å². The molecule has 0 N–H and O–H groups in total. The molecular weight excluding hydrogens is 685 g/mol. The van der Waals surface area contributed by atoms with Crippen LogP contribution in [-0.2, 0) is 0 Å². The quantitative estimate of drug-likeness (QED) is 0.169. The Morgan fingerprint density at radius 3 is 1.98 bits per heavy atom. The van der Waals surface area contributed by atoms with Gasteiger partial charge in [0.05, 0.1) is 16.7 Å². The van der Waals surface area contributed by atoms with Gasteiger partial charge in [-0.1, -0.05) is 152 Å². The molecule has 55 heavy (non-hydrogen) atoms. The number of hydrogen-bond donors (Lipinski definition) is 0. The Kier molecular flexibility index (Phi) is 7.74. The van der Waals surface area contributed by atoms with E-state index in [1.807, 2.05) is 11.8 Å². The molecule has 1 aliphatic heterocycles. The van der Waals surface area contributed by atoms with Gasteiger partial charge in [0.25, 0.3) is 0 Å². The second-order valence-electron chi connectivity index (χ2n) is 14.8. The molecule has 0 saturated heterocycles. The Bertz CT molecular complexity index is 2770. The van der Waals surface area contributed by atoms with Gasteiger partial charge >= 0.3 is 0 Å². The molecule has 11 rings (SSSR count). The number of fused-ring (bicyclic) bond motifs is 7. The van der Waals surface area contributed by atoms with E-state index in [2.05, 4.69) is 210 Å². The SMILES string of the molecule is C1=CCC2C(=C1)C=CC=C2N(c1ccc(-c2ccccc2-n2c3ccccc3c3ccccc32)cc1)c1ccc(-c2cccc3c2SC2C=CC=CC32)cc1. The molecule has 0 saturated carbocycles. The minimum absolute atomic E-state index is 0.295. The van der Waals surface area contributed by atoms with Crippen molar-refractivity contribution in [1.29, 1.82) is 0 Å². The summed E-state index contributed by atoms with van der Waals surface area (Å²) in [6.07, 6.45) is 23.6. The van der Waals surface area contributed by atoms with Gasteiger partial charge in [0.2, 0.25) is 0 Å². The fourth-order valence-corrected chi connectivity index (χ4v) is 10.6. The van der Waals surface area contributed by atoms with E-state index in [-0.39, 0.29) is 0 Å². The van der Waals surface area contributed by atoms with Crippen LogP contribution < -0.4 is 4.90 Å². The Morgan fingerprint density at radius 2 is 1.22 bits per heavy atom. The topological polar surface area (TPSA) is 8.17 Å². The zero-order valence-corrected chi connectivity index (χ0v) is 31.1. The summed E-state index contributed by atoms with van der Waals surface area (Å²) in [6, 6.07) is 51.6. The molecule has 2 heterocycles. The third kappa shape index (κ3) is 5.33. The summed E-state index contributed by atoms with van der Waals surface area (Å²) in [5, 5.41) is 3.02. The summed E-state index contributed by atoms with van der Waals surface area (Å²) < 4.78 is 2.42. The summed E-state index contributed by atoms with van der Waals surface area (Å²) >= 11 is 2.00. The minimum Gasteiger partial charge on any atom is -0.314 e. The molecule has 0 fully saturated rings. The standard InChI is InChI=1S/C52H38N2S/c1-2-15-40-35(13-1)14-11-25-47(40)53(39-33-29-37(30-34-39)42-20-12-21-46-45-19-6-10-26-51(45)55-52(42)46)38-31-27-36(28-32-38)41-16-3-7-22-48(41)54-49-23-8-4-17-43(49)44-18-5-9-24-50(44)54/h1-14,16-34,40,45,51H,15H2. The van der Waals surface area contributed by atoms with Gasteiger partial charge in [-0.3, -0.25) is 0 Å². The molecule has 2 nitrogen and oxygen atoms in total. The highest BCUT2D eigenvalue weighted by molar-refractivity contribution is 8.00. The van der Waals surface area contributed by atoms with Crippen molar-refractivity contribution >= 4 is 44.9 Å². The maximum Gasteiger partial charge on any atom is 0.0541 e. The normalized spacial score (nSPS) is 19.2. The average Bonchev–Trinajstić information content (AvgIpc) is 3.81. The second-order valence-corrected chi connectivity index (χ2v) is 15.9. The van der Waals surface area contributed by atoms with E-state index in [0.29, 0.717) is 17.1 Å². The van der Waals surface area contributed by atoms with Crippen molar-refractivity contribution < 1.29 is 0 Å². The monoisotopic (exact) mass is 722 g/mol. The fourth-order valence-electron chi connectivity index (χ4n) is 9.13. The van der Waals surface area contributed by atoms with Crippen LogP contribution in [0, 0.1) is 5.92 Å². The van der Waals surface area contributed by atoms with Gasteiger partial charge < -0.3 is 9.47 Å². The van der Waals surface area contributed by atoms with Crippen molar-refractivity contribution in [1.82, 2.24) is 4.57 Å². The highest BCUT2D eigenvalue weighted by atomic mass is 32.2. The number of allylic oxidation sites excluding steroid dienone is 10. The van der Waals surface area contributed by atoms with Gasteiger partial charge in [0.1, 0.15) is 0 Å². The Balaban J connectivity index is 0.993. The molecule has 3 heteroatoms. The van der Waals surface area contributed by atoms with Crippen LogP contribution in [0.3, 0.4) is 0 Å². The summed E-state index contributed by atoms with van der Waals surface area (Å²) in [5.41, 5.74) is 15.0. The average molecular weight is 723 g/mol. The van der Waals surface area contributed by atoms with Gasteiger partial charge in [-0.25, -0.2) is 0 Å². The lowest BCUT2D eigenvalue weighted by molar-refractivity contribution is 0.709. The molecule has 6 aromatic carbocycles. The number of para-hydroxylation sites is 3. The molecule has 4 aliphatic rings. The first-order chi connectivity index (χ1) is 27.3. The van der Waals surface area contributed by atoms with Gasteiger partial charge in [-0.2, -0.15) is 0 Å². The lowest BCUT2D eigenvalue weighted by Gasteiger charge is -2.35. The van der Waals surface area contributed by atoms with Crippen LogP contribution in [-0.4, -0.2) is 9.82 Å². The van der Waals surface area contributed by atoms with E-state index in [0.717, 1.165) is 17.8 Å². The van der Waals surface area contributed by atoms with Crippen LogP contribution in [0.15, 0.2) is 216 Å². The van der Waals surface area contributed by atoms with E-state index >= 15 is 0 Å². The van der Waals surface area contributed by atoms with Crippen LogP contribution in [0.5, 0.6) is 0 Å². The first-order valence-corrected chi connectivity index (χ1v) is 20.2.